The first kappa shape index (κ1) is 15.6. The Hall–Kier alpha value is -2.82. The summed E-state index contributed by atoms with van der Waals surface area (Å²) in [6, 6.07) is 8.25. The van der Waals surface area contributed by atoms with Gasteiger partial charge in [-0.15, -0.1) is 0 Å². The lowest BCUT2D eigenvalue weighted by molar-refractivity contribution is -0.141. The summed E-state index contributed by atoms with van der Waals surface area (Å²) in [6.45, 7) is 0. The predicted octanol–water partition coefficient (Wildman–Crippen LogP) is 2.76. The molecule has 0 bridgehead atoms. The van der Waals surface area contributed by atoms with Gasteiger partial charge in [0.1, 0.15) is 0 Å². The largest absolute Gasteiger partial charge is 0.435 e. The number of aromatic nitrogens is 2. The number of hydrogen-bond donors (Lipinski definition) is 1. The molecule has 1 amide bonds. The molecule has 0 saturated carbocycles. The van der Waals surface area contributed by atoms with Crippen molar-refractivity contribution in [3.05, 3.63) is 47.3 Å². The van der Waals surface area contributed by atoms with E-state index in [1.165, 1.54) is 19.2 Å². The summed E-state index contributed by atoms with van der Waals surface area (Å²) < 4.78 is 39.4. The predicted molar refractivity (Wildman–Crippen MR) is 71.9 cm³/mol. The number of nitrogens with one attached hydrogen (secondary N) is 1. The molecule has 0 aliphatic rings. The summed E-state index contributed by atoms with van der Waals surface area (Å²) in [5.74, 6) is -0.895. The van der Waals surface area contributed by atoms with Gasteiger partial charge in [-0.25, -0.2) is 0 Å². The number of alkyl halides is 3. The van der Waals surface area contributed by atoms with E-state index in [4.69, 9.17) is 5.26 Å². The smallest absolute Gasteiger partial charge is 0.322 e. The Balaban J connectivity index is 2.21. The average Bonchev–Trinajstić information content (AvgIpc) is 2.84. The van der Waals surface area contributed by atoms with Gasteiger partial charge in [-0.2, -0.15) is 23.5 Å². The van der Waals surface area contributed by atoms with E-state index in [2.05, 4.69) is 10.4 Å². The quantitative estimate of drug-likeness (QED) is 0.947. The van der Waals surface area contributed by atoms with Gasteiger partial charge >= 0.3 is 6.18 Å². The fourth-order valence-electron chi connectivity index (χ4n) is 1.86. The fraction of sp³-hybridized carbons (Fsp3) is 0.214. The summed E-state index contributed by atoms with van der Waals surface area (Å²) in [7, 11) is 1.31. The Morgan fingerprint density at radius 2 is 2.00 bits per heavy atom. The van der Waals surface area contributed by atoms with E-state index in [9.17, 15) is 18.0 Å². The van der Waals surface area contributed by atoms with Gasteiger partial charge in [-0.3, -0.25) is 9.48 Å². The molecule has 0 unspecified atom stereocenters. The molecular formula is C14H11F3N4O. The van der Waals surface area contributed by atoms with Crippen molar-refractivity contribution in [1.29, 1.82) is 5.26 Å². The lowest BCUT2D eigenvalue weighted by atomic mass is 10.1. The first-order chi connectivity index (χ1) is 10.3. The molecule has 8 heteroatoms. The van der Waals surface area contributed by atoms with E-state index in [-0.39, 0.29) is 6.42 Å². The minimum Gasteiger partial charge on any atom is -0.322 e. The Morgan fingerprint density at radius 3 is 2.55 bits per heavy atom. The van der Waals surface area contributed by atoms with Gasteiger partial charge in [0.2, 0.25) is 0 Å². The molecule has 2 rings (SSSR count). The van der Waals surface area contributed by atoms with Crippen molar-refractivity contribution < 1.29 is 18.0 Å². The third-order valence-electron chi connectivity index (χ3n) is 2.84. The second-order valence-electron chi connectivity index (χ2n) is 4.55. The maximum Gasteiger partial charge on any atom is 0.435 e. The lowest BCUT2D eigenvalue weighted by Crippen LogP contribution is -2.17. The van der Waals surface area contributed by atoms with Crippen LogP contribution in [0.2, 0.25) is 0 Å². The van der Waals surface area contributed by atoms with Crippen LogP contribution in [0.4, 0.5) is 18.9 Å². The second kappa shape index (κ2) is 5.89. The lowest BCUT2D eigenvalue weighted by Gasteiger charge is -2.07. The van der Waals surface area contributed by atoms with Crippen molar-refractivity contribution in [2.75, 3.05) is 5.32 Å². The van der Waals surface area contributed by atoms with E-state index >= 15 is 0 Å². The van der Waals surface area contributed by atoms with E-state index in [1.807, 2.05) is 6.07 Å². The molecule has 1 heterocycles. The zero-order valence-electron chi connectivity index (χ0n) is 11.5. The molecule has 0 saturated heterocycles. The number of amides is 1. The van der Waals surface area contributed by atoms with Crippen molar-refractivity contribution in [2.24, 2.45) is 7.05 Å². The van der Waals surface area contributed by atoms with Gasteiger partial charge in [-0.1, -0.05) is 12.1 Å². The third kappa shape index (κ3) is 3.44. The van der Waals surface area contributed by atoms with Crippen LogP contribution in [0.25, 0.3) is 0 Å². The number of hydrogen-bond acceptors (Lipinski definition) is 3. The van der Waals surface area contributed by atoms with Gasteiger partial charge in [0.15, 0.2) is 5.69 Å². The molecule has 0 spiro atoms. The Labute approximate surface area is 124 Å². The van der Waals surface area contributed by atoms with Crippen LogP contribution in [0, 0.1) is 11.3 Å². The highest BCUT2D eigenvalue weighted by atomic mass is 19.4. The molecule has 0 aliphatic heterocycles. The highest BCUT2D eigenvalue weighted by molar-refractivity contribution is 6.05. The first-order valence-corrected chi connectivity index (χ1v) is 6.19. The molecule has 1 aromatic carbocycles. The van der Waals surface area contributed by atoms with Crippen LogP contribution in [0.5, 0.6) is 0 Å². The number of carbonyl (C=O) groups excluding carboxylic acids is 1. The minimum absolute atomic E-state index is 0.217. The van der Waals surface area contributed by atoms with Crippen LogP contribution < -0.4 is 5.32 Å². The normalized spacial score (nSPS) is 11.0. The molecule has 0 radical (unpaired) electrons. The van der Waals surface area contributed by atoms with E-state index in [0.717, 1.165) is 16.4 Å². The van der Waals surface area contributed by atoms with Crippen molar-refractivity contribution >= 4 is 11.6 Å². The van der Waals surface area contributed by atoms with Crippen molar-refractivity contribution in [3.8, 4) is 6.07 Å². The third-order valence-corrected chi connectivity index (χ3v) is 2.84. The standard InChI is InChI=1S/C14H11F3N4O/c1-21-8-11(12(20-21)14(15,16)17)13(22)19-10-4-2-9(3-5-10)6-7-18/h2-5,8H,6H2,1H3,(H,19,22). The zero-order valence-corrected chi connectivity index (χ0v) is 11.5. The van der Waals surface area contributed by atoms with Crippen LogP contribution in [0.3, 0.4) is 0 Å². The van der Waals surface area contributed by atoms with E-state index in [1.54, 1.807) is 12.1 Å². The van der Waals surface area contributed by atoms with Gasteiger partial charge < -0.3 is 5.32 Å². The number of nitrogens with zero attached hydrogens (tertiary/aromatic N) is 3. The number of rotatable bonds is 3. The number of carbonyl (C=O) groups is 1. The maximum atomic E-state index is 12.8. The topological polar surface area (TPSA) is 70.7 Å². The summed E-state index contributed by atoms with van der Waals surface area (Å²) in [4.78, 5) is 12.0. The Kier molecular flexibility index (Phi) is 4.17. The van der Waals surface area contributed by atoms with Crippen LogP contribution in [0.1, 0.15) is 21.6 Å². The van der Waals surface area contributed by atoms with Crippen molar-refractivity contribution in [1.82, 2.24) is 9.78 Å². The molecule has 1 aromatic heterocycles. The fourth-order valence-corrected chi connectivity index (χ4v) is 1.86. The number of benzene rings is 1. The molecule has 114 valence electrons. The van der Waals surface area contributed by atoms with Crippen molar-refractivity contribution in [3.63, 3.8) is 0 Å². The van der Waals surface area contributed by atoms with Gasteiger partial charge in [0.25, 0.3) is 5.91 Å². The molecule has 0 atom stereocenters. The van der Waals surface area contributed by atoms with Crippen LogP contribution >= 0.6 is 0 Å². The van der Waals surface area contributed by atoms with Gasteiger partial charge in [-0.05, 0) is 17.7 Å². The van der Waals surface area contributed by atoms with Gasteiger partial charge in [0, 0.05) is 18.9 Å². The van der Waals surface area contributed by atoms with Crippen molar-refractivity contribution in [2.45, 2.75) is 12.6 Å². The average molecular weight is 308 g/mol. The summed E-state index contributed by atoms with van der Waals surface area (Å²) in [5, 5.41) is 14.2. The second-order valence-corrected chi connectivity index (χ2v) is 4.55. The summed E-state index contributed by atoms with van der Waals surface area (Å²) >= 11 is 0. The van der Waals surface area contributed by atoms with Gasteiger partial charge in [0.05, 0.1) is 18.1 Å². The molecule has 0 fully saturated rings. The Bertz CT molecular complexity index is 726. The number of aryl methyl sites for hydroxylation is 1. The van der Waals surface area contributed by atoms with E-state index < -0.39 is 23.3 Å². The molecular weight excluding hydrogens is 297 g/mol. The van der Waals surface area contributed by atoms with Crippen LogP contribution in [-0.2, 0) is 19.6 Å². The SMILES string of the molecule is Cn1cc(C(=O)Nc2ccc(CC#N)cc2)c(C(F)(F)F)n1. The Morgan fingerprint density at radius 1 is 1.36 bits per heavy atom. The number of anilines is 1. The molecule has 1 N–H and O–H groups in total. The molecule has 22 heavy (non-hydrogen) atoms. The highest BCUT2D eigenvalue weighted by Gasteiger charge is 2.38. The van der Waals surface area contributed by atoms with Crippen LogP contribution in [-0.4, -0.2) is 15.7 Å². The molecule has 5 nitrogen and oxygen atoms in total. The van der Waals surface area contributed by atoms with Crippen LogP contribution in [0.15, 0.2) is 30.5 Å². The number of halogens is 3. The molecule has 0 aliphatic carbocycles. The monoisotopic (exact) mass is 308 g/mol. The molecule has 2 aromatic rings. The minimum atomic E-state index is -4.70. The summed E-state index contributed by atoms with van der Waals surface area (Å²) in [6.07, 6.45) is -3.47. The maximum absolute atomic E-state index is 12.8. The van der Waals surface area contributed by atoms with E-state index in [0.29, 0.717) is 5.69 Å². The zero-order chi connectivity index (χ0) is 16.3. The number of nitriles is 1. The summed E-state index contributed by atoms with van der Waals surface area (Å²) in [5.41, 5.74) is -0.689. The highest BCUT2D eigenvalue weighted by Crippen LogP contribution is 2.30. The first-order valence-electron chi connectivity index (χ1n) is 6.19.